The molecule has 1 N–H and O–H groups in total. The largest absolute Gasteiger partial charge is 0.396 e. The van der Waals surface area contributed by atoms with E-state index in [2.05, 4.69) is 15.5 Å². The molecule has 1 atom stereocenters. The SMILES string of the molecule is O=[N+]([O-])c1cc(-n2cnnn2)c(Cl)cc1N1CCCCC1CCCO. The zero-order chi connectivity index (χ0) is 17.8. The number of aromatic nitrogens is 4. The van der Waals surface area contributed by atoms with Gasteiger partial charge in [0.15, 0.2) is 0 Å². The first-order valence-electron chi connectivity index (χ1n) is 8.20. The minimum absolute atomic E-state index is 0.0224. The van der Waals surface area contributed by atoms with Crippen LogP contribution in [-0.2, 0) is 0 Å². The lowest BCUT2D eigenvalue weighted by Crippen LogP contribution is -2.40. The van der Waals surface area contributed by atoms with Crippen LogP contribution in [-0.4, -0.2) is 49.4 Å². The van der Waals surface area contributed by atoms with Crippen molar-refractivity contribution in [3.8, 4) is 5.69 Å². The highest BCUT2D eigenvalue weighted by Gasteiger charge is 2.29. The molecule has 0 spiro atoms. The number of tetrazole rings is 1. The van der Waals surface area contributed by atoms with Crippen molar-refractivity contribution in [2.24, 2.45) is 0 Å². The van der Waals surface area contributed by atoms with Crippen molar-refractivity contribution >= 4 is 23.0 Å². The van der Waals surface area contributed by atoms with E-state index in [0.717, 1.165) is 32.2 Å². The molecule has 1 saturated heterocycles. The zero-order valence-electron chi connectivity index (χ0n) is 13.6. The third kappa shape index (κ3) is 3.72. The van der Waals surface area contributed by atoms with Crippen LogP contribution < -0.4 is 4.90 Å². The van der Waals surface area contributed by atoms with Crippen LogP contribution in [0, 0.1) is 10.1 Å². The van der Waals surface area contributed by atoms with Gasteiger partial charge in [-0.2, -0.15) is 4.68 Å². The molecule has 1 aromatic heterocycles. The summed E-state index contributed by atoms with van der Waals surface area (Å²) >= 11 is 6.36. The molecule has 0 radical (unpaired) electrons. The van der Waals surface area contributed by atoms with Crippen molar-refractivity contribution < 1.29 is 10.0 Å². The first-order valence-corrected chi connectivity index (χ1v) is 8.58. The van der Waals surface area contributed by atoms with Crippen molar-refractivity contribution in [1.29, 1.82) is 0 Å². The number of hydrogen-bond donors (Lipinski definition) is 1. The number of nitro groups is 1. The molecular formula is C15H19ClN6O3. The highest BCUT2D eigenvalue weighted by atomic mass is 35.5. The number of piperidine rings is 1. The predicted octanol–water partition coefficient (Wildman–Crippen LogP) is 2.36. The van der Waals surface area contributed by atoms with E-state index in [9.17, 15) is 10.1 Å². The zero-order valence-corrected chi connectivity index (χ0v) is 14.3. The fraction of sp³-hybridized carbons (Fsp3) is 0.533. The normalized spacial score (nSPS) is 17.7. The van der Waals surface area contributed by atoms with Crippen LogP contribution in [0.1, 0.15) is 32.1 Å². The third-order valence-electron chi connectivity index (χ3n) is 4.47. The van der Waals surface area contributed by atoms with E-state index in [0.29, 0.717) is 22.8 Å². The van der Waals surface area contributed by atoms with E-state index < -0.39 is 4.92 Å². The summed E-state index contributed by atoms with van der Waals surface area (Å²) in [5.74, 6) is 0. The Hall–Kier alpha value is -2.26. The van der Waals surface area contributed by atoms with Crippen LogP contribution in [0.3, 0.4) is 0 Å². The van der Waals surface area contributed by atoms with Gasteiger partial charge in [0.25, 0.3) is 5.69 Å². The average molecular weight is 367 g/mol. The summed E-state index contributed by atoms with van der Waals surface area (Å²) in [6.45, 7) is 0.850. The van der Waals surface area contributed by atoms with Gasteiger partial charge >= 0.3 is 0 Å². The number of nitrogens with zero attached hydrogens (tertiary/aromatic N) is 6. The topological polar surface area (TPSA) is 110 Å². The fourth-order valence-electron chi connectivity index (χ4n) is 3.31. The fourth-order valence-corrected chi connectivity index (χ4v) is 3.55. The predicted molar refractivity (Wildman–Crippen MR) is 92.1 cm³/mol. The lowest BCUT2D eigenvalue weighted by molar-refractivity contribution is -0.384. The van der Waals surface area contributed by atoms with E-state index in [1.165, 1.54) is 17.1 Å². The summed E-state index contributed by atoms with van der Waals surface area (Å²) in [5, 5.41) is 31.9. The molecule has 0 saturated carbocycles. The average Bonchev–Trinajstić information content (AvgIpc) is 3.14. The number of rotatable bonds is 6. The maximum absolute atomic E-state index is 11.7. The summed E-state index contributed by atoms with van der Waals surface area (Å²) in [5.41, 5.74) is 0.853. The molecule has 1 fully saturated rings. The second-order valence-corrected chi connectivity index (χ2v) is 6.42. The Kier molecular flexibility index (Phi) is 5.44. The van der Waals surface area contributed by atoms with Gasteiger partial charge in [0, 0.05) is 25.3 Å². The van der Waals surface area contributed by atoms with Gasteiger partial charge in [-0.15, -0.1) is 5.10 Å². The van der Waals surface area contributed by atoms with Crippen molar-refractivity contribution in [3.63, 3.8) is 0 Å². The molecule has 1 unspecified atom stereocenters. The molecule has 1 aliphatic heterocycles. The summed E-state index contributed by atoms with van der Waals surface area (Å²) in [7, 11) is 0. The molecule has 1 aliphatic rings. The Morgan fingerprint density at radius 3 is 2.88 bits per heavy atom. The number of nitro benzene ring substituents is 1. The van der Waals surface area contributed by atoms with E-state index in [4.69, 9.17) is 16.7 Å². The van der Waals surface area contributed by atoms with Gasteiger partial charge in [-0.05, 0) is 48.6 Å². The Balaban J connectivity index is 2.02. The van der Waals surface area contributed by atoms with Gasteiger partial charge in [-0.1, -0.05) is 11.6 Å². The number of halogens is 1. The Labute approximate surface area is 149 Å². The number of hydrogen-bond acceptors (Lipinski definition) is 7. The second-order valence-electron chi connectivity index (χ2n) is 6.01. The van der Waals surface area contributed by atoms with Gasteiger partial charge < -0.3 is 10.0 Å². The maximum atomic E-state index is 11.7. The van der Waals surface area contributed by atoms with Crippen molar-refractivity contribution in [2.45, 2.75) is 38.1 Å². The Bertz CT molecular complexity index is 739. The minimum Gasteiger partial charge on any atom is -0.396 e. The molecule has 10 heteroatoms. The van der Waals surface area contributed by atoms with E-state index in [1.807, 2.05) is 4.90 Å². The second kappa shape index (κ2) is 7.75. The molecule has 0 bridgehead atoms. The van der Waals surface area contributed by atoms with Gasteiger partial charge in [0.1, 0.15) is 12.0 Å². The number of benzene rings is 1. The number of aliphatic hydroxyl groups is 1. The summed E-state index contributed by atoms with van der Waals surface area (Å²) in [6, 6.07) is 3.19. The standard InChI is InChI=1S/C15H19ClN6O3/c16-12-8-14(20-6-2-1-4-11(20)5-3-7-23)15(22(24)25)9-13(12)21-10-17-18-19-21/h8-11,23H,1-7H2. The van der Waals surface area contributed by atoms with E-state index >= 15 is 0 Å². The molecule has 9 nitrogen and oxygen atoms in total. The molecular weight excluding hydrogens is 348 g/mol. The first kappa shape index (κ1) is 17.6. The third-order valence-corrected chi connectivity index (χ3v) is 4.77. The smallest absolute Gasteiger partial charge is 0.294 e. The van der Waals surface area contributed by atoms with Crippen LogP contribution in [0.15, 0.2) is 18.5 Å². The lowest BCUT2D eigenvalue weighted by Gasteiger charge is -2.37. The van der Waals surface area contributed by atoms with Gasteiger partial charge in [-0.25, -0.2) is 0 Å². The van der Waals surface area contributed by atoms with Gasteiger partial charge in [0.05, 0.1) is 15.6 Å². The molecule has 3 rings (SSSR count). The summed E-state index contributed by atoms with van der Waals surface area (Å²) in [6.07, 6.45) is 5.81. The monoisotopic (exact) mass is 366 g/mol. The number of aliphatic hydroxyl groups excluding tert-OH is 1. The van der Waals surface area contributed by atoms with Crippen molar-refractivity contribution in [1.82, 2.24) is 20.2 Å². The van der Waals surface area contributed by atoms with Crippen molar-refractivity contribution in [2.75, 3.05) is 18.1 Å². The minimum atomic E-state index is -0.406. The molecule has 2 heterocycles. The molecule has 25 heavy (non-hydrogen) atoms. The highest BCUT2D eigenvalue weighted by Crippen LogP contribution is 2.38. The van der Waals surface area contributed by atoms with Crippen LogP contribution in [0.4, 0.5) is 11.4 Å². The van der Waals surface area contributed by atoms with Crippen LogP contribution in [0.2, 0.25) is 5.02 Å². The summed E-state index contributed by atoms with van der Waals surface area (Å²) < 4.78 is 1.30. The molecule has 0 aliphatic carbocycles. The summed E-state index contributed by atoms with van der Waals surface area (Å²) in [4.78, 5) is 13.3. The van der Waals surface area contributed by atoms with Crippen LogP contribution in [0.25, 0.3) is 5.69 Å². The quantitative estimate of drug-likeness (QED) is 0.617. The van der Waals surface area contributed by atoms with Crippen LogP contribution in [0.5, 0.6) is 0 Å². The Morgan fingerprint density at radius 2 is 2.20 bits per heavy atom. The van der Waals surface area contributed by atoms with Gasteiger partial charge in [-0.3, -0.25) is 10.1 Å². The molecule has 1 aromatic carbocycles. The molecule has 2 aromatic rings. The van der Waals surface area contributed by atoms with Crippen LogP contribution >= 0.6 is 11.6 Å². The Morgan fingerprint density at radius 1 is 1.36 bits per heavy atom. The van der Waals surface area contributed by atoms with Gasteiger partial charge in [0.2, 0.25) is 0 Å². The number of anilines is 1. The first-order chi connectivity index (χ1) is 12.1. The molecule has 134 valence electrons. The maximum Gasteiger partial charge on any atom is 0.294 e. The highest BCUT2D eigenvalue weighted by molar-refractivity contribution is 6.32. The van der Waals surface area contributed by atoms with Crippen molar-refractivity contribution in [3.05, 3.63) is 33.6 Å². The van der Waals surface area contributed by atoms with E-state index in [1.54, 1.807) is 6.07 Å². The van der Waals surface area contributed by atoms with E-state index in [-0.39, 0.29) is 18.3 Å². The lowest BCUT2D eigenvalue weighted by atomic mass is 9.97. The molecule has 0 amide bonds.